The number of carbonyl (C=O) groups excluding carboxylic acids is 3. The van der Waals surface area contributed by atoms with Crippen molar-refractivity contribution in [2.75, 3.05) is 30.9 Å². The summed E-state index contributed by atoms with van der Waals surface area (Å²) >= 11 is 0. The minimum Gasteiger partial charge on any atom is -0.467 e. The Morgan fingerprint density at radius 3 is 2.30 bits per heavy atom. The first-order chi connectivity index (χ1) is 20.9. The largest absolute Gasteiger partial charge is 0.467 e. The molecule has 0 bridgehead atoms. The van der Waals surface area contributed by atoms with Crippen molar-refractivity contribution in [1.82, 2.24) is 10.3 Å². The number of hydrogen-bond acceptors (Lipinski definition) is 6. The molecule has 8 nitrogen and oxygen atoms in total. The van der Waals surface area contributed by atoms with Gasteiger partial charge in [-0.1, -0.05) is 92.6 Å². The summed E-state index contributed by atoms with van der Waals surface area (Å²) in [5.41, 5.74) is 4.11. The van der Waals surface area contributed by atoms with Gasteiger partial charge in [0.1, 0.15) is 11.9 Å². The Morgan fingerprint density at radius 2 is 1.58 bits per heavy atom. The molecule has 222 valence electrons. The van der Waals surface area contributed by atoms with Crippen LogP contribution in [0, 0.1) is 0 Å². The molecule has 0 aliphatic rings. The summed E-state index contributed by atoms with van der Waals surface area (Å²) in [6.07, 6.45) is 3.46. The van der Waals surface area contributed by atoms with E-state index in [2.05, 4.69) is 17.6 Å². The maximum Gasteiger partial charge on any atom is 0.328 e. The lowest BCUT2D eigenvalue weighted by Gasteiger charge is -2.20. The molecule has 0 spiro atoms. The van der Waals surface area contributed by atoms with Gasteiger partial charge in [-0.25, -0.2) is 14.6 Å². The SMILES string of the molecule is CCCCCNC(=O)N(C)c1cccc(-c2ccc(C[C@H](Nc3ccccc3C(=O)c3ccccc3)C(=O)OC)cc2)n1. The normalized spacial score (nSPS) is 11.3. The van der Waals surface area contributed by atoms with E-state index in [1.807, 2.05) is 60.7 Å². The quantitative estimate of drug-likeness (QED) is 0.107. The van der Waals surface area contributed by atoms with E-state index in [0.29, 0.717) is 35.6 Å². The number of para-hydroxylation sites is 1. The lowest BCUT2D eigenvalue weighted by atomic mass is 9.99. The van der Waals surface area contributed by atoms with Gasteiger partial charge >= 0.3 is 12.0 Å². The Labute approximate surface area is 253 Å². The van der Waals surface area contributed by atoms with Gasteiger partial charge in [-0.2, -0.15) is 0 Å². The summed E-state index contributed by atoms with van der Waals surface area (Å²) in [6, 6.07) is 28.6. The molecular weight excluding hydrogens is 540 g/mol. The highest BCUT2D eigenvalue weighted by atomic mass is 16.5. The summed E-state index contributed by atoms with van der Waals surface area (Å²) in [6.45, 7) is 2.76. The lowest BCUT2D eigenvalue weighted by molar-refractivity contribution is -0.141. The second-order valence-electron chi connectivity index (χ2n) is 10.2. The van der Waals surface area contributed by atoms with Gasteiger partial charge in [0.15, 0.2) is 5.78 Å². The number of anilines is 2. The number of hydrogen-bond donors (Lipinski definition) is 2. The maximum absolute atomic E-state index is 13.2. The number of ketones is 1. The van der Waals surface area contributed by atoms with Crippen LogP contribution in [0.15, 0.2) is 97.1 Å². The minimum absolute atomic E-state index is 0.133. The van der Waals surface area contributed by atoms with Crippen LogP contribution in [-0.2, 0) is 16.0 Å². The molecule has 1 aromatic heterocycles. The number of nitrogens with zero attached hydrogens (tertiary/aromatic N) is 2. The summed E-state index contributed by atoms with van der Waals surface area (Å²) in [4.78, 5) is 44.8. The van der Waals surface area contributed by atoms with E-state index >= 15 is 0 Å². The molecule has 4 aromatic rings. The average molecular weight is 579 g/mol. The number of urea groups is 1. The molecule has 1 heterocycles. The Balaban J connectivity index is 1.47. The summed E-state index contributed by atoms with van der Waals surface area (Å²) in [5, 5.41) is 6.18. The highest BCUT2D eigenvalue weighted by molar-refractivity contribution is 6.12. The van der Waals surface area contributed by atoms with E-state index in [1.165, 1.54) is 12.0 Å². The lowest BCUT2D eigenvalue weighted by Crippen LogP contribution is -2.38. The van der Waals surface area contributed by atoms with Crippen LogP contribution in [0.2, 0.25) is 0 Å². The number of amides is 2. The van der Waals surface area contributed by atoms with Crippen molar-refractivity contribution < 1.29 is 19.1 Å². The fraction of sp³-hybridized carbons (Fsp3) is 0.257. The van der Waals surface area contributed by atoms with E-state index in [9.17, 15) is 14.4 Å². The zero-order chi connectivity index (χ0) is 30.6. The van der Waals surface area contributed by atoms with Crippen molar-refractivity contribution in [3.8, 4) is 11.3 Å². The van der Waals surface area contributed by atoms with Crippen LogP contribution in [0.5, 0.6) is 0 Å². The van der Waals surface area contributed by atoms with E-state index in [1.54, 1.807) is 43.4 Å². The summed E-state index contributed by atoms with van der Waals surface area (Å²) in [7, 11) is 3.05. The van der Waals surface area contributed by atoms with Crippen molar-refractivity contribution in [3.05, 3.63) is 114 Å². The minimum atomic E-state index is -0.716. The number of aromatic nitrogens is 1. The van der Waals surface area contributed by atoms with Crippen molar-refractivity contribution in [2.24, 2.45) is 0 Å². The van der Waals surface area contributed by atoms with Gasteiger partial charge in [0.05, 0.1) is 12.8 Å². The molecule has 1 atom stereocenters. The number of ether oxygens (including phenoxy) is 1. The fourth-order valence-electron chi connectivity index (χ4n) is 4.69. The highest BCUT2D eigenvalue weighted by Crippen LogP contribution is 2.24. The van der Waals surface area contributed by atoms with E-state index in [-0.39, 0.29) is 11.8 Å². The number of carbonyl (C=O) groups is 3. The Morgan fingerprint density at radius 1 is 0.860 bits per heavy atom. The van der Waals surface area contributed by atoms with Crippen LogP contribution in [0.1, 0.15) is 47.7 Å². The number of esters is 1. The molecule has 8 heteroatoms. The molecule has 4 rings (SSSR count). The second-order valence-corrected chi connectivity index (χ2v) is 10.2. The molecular formula is C35H38N4O4. The number of methoxy groups -OCH3 is 1. The van der Waals surface area contributed by atoms with Crippen molar-refractivity contribution >= 4 is 29.3 Å². The number of nitrogens with one attached hydrogen (secondary N) is 2. The molecule has 0 saturated heterocycles. The van der Waals surface area contributed by atoms with Gasteiger partial charge in [0, 0.05) is 42.4 Å². The predicted octanol–water partition coefficient (Wildman–Crippen LogP) is 6.51. The zero-order valence-corrected chi connectivity index (χ0v) is 24.9. The van der Waals surface area contributed by atoms with Crippen LogP contribution in [0.3, 0.4) is 0 Å². The van der Waals surface area contributed by atoms with Crippen LogP contribution < -0.4 is 15.5 Å². The molecule has 0 fully saturated rings. The van der Waals surface area contributed by atoms with Crippen LogP contribution >= 0.6 is 0 Å². The maximum atomic E-state index is 13.2. The third-order valence-corrected chi connectivity index (χ3v) is 7.15. The first-order valence-electron chi connectivity index (χ1n) is 14.5. The monoisotopic (exact) mass is 578 g/mol. The number of benzene rings is 3. The smallest absolute Gasteiger partial charge is 0.328 e. The molecule has 0 saturated carbocycles. The third-order valence-electron chi connectivity index (χ3n) is 7.15. The van der Waals surface area contributed by atoms with E-state index in [4.69, 9.17) is 9.72 Å². The Kier molecular flexibility index (Phi) is 11.0. The second kappa shape index (κ2) is 15.3. The van der Waals surface area contributed by atoms with Gasteiger partial charge in [-0.15, -0.1) is 0 Å². The van der Waals surface area contributed by atoms with Crippen molar-refractivity contribution in [1.29, 1.82) is 0 Å². The Bertz CT molecular complexity index is 1520. The molecule has 0 aliphatic heterocycles. The van der Waals surface area contributed by atoms with Gasteiger partial charge in [-0.05, 0) is 36.2 Å². The van der Waals surface area contributed by atoms with Crippen molar-refractivity contribution in [2.45, 2.75) is 38.6 Å². The van der Waals surface area contributed by atoms with Gasteiger partial charge in [0.25, 0.3) is 0 Å². The number of unbranched alkanes of at least 4 members (excludes halogenated alkanes) is 2. The molecule has 0 radical (unpaired) electrons. The molecule has 0 unspecified atom stereocenters. The van der Waals surface area contributed by atoms with Crippen LogP contribution in [0.25, 0.3) is 11.3 Å². The standard InChI is InChI=1S/C35H38N4O4/c1-4-5-11-23-36-35(42)39(2)32-18-12-17-29(38-32)26-21-19-25(20-22-26)24-31(34(41)43-3)37-30-16-10-9-15-28(30)33(40)27-13-7-6-8-14-27/h6-10,12-22,31,37H,4-5,11,23-24H2,1-3H3,(H,36,42)/t31-/m0/s1. The molecule has 3 aromatic carbocycles. The number of pyridine rings is 1. The van der Waals surface area contributed by atoms with Gasteiger partial charge in [-0.3, -0.25) is 9.69 Å². The Hall–Kier alpha value is -4.98. The zero-order valence-electron chi connectivity index (χ0n) is 24.9. The van der Waals surface area contributed by atoms with Crippen LogP contribution in [0.4, 0.5) is 16.3 Å². The van der Waals surface area contributed by atoms with E-state index in [0.717, 1.165) is 36.1 Å². The van der Waals surface area contributed by atoms with Crippen LogP contribution in [-0.4, -0.2) is 49.5 Å². The fourth-order valence-corrected chi connectivity index (χ4v) is 4.69. The predicted molar refractivity (Wildman–Crippen MR) is 170 cm³/mol. The first kappa shape index (κ1) is 31.0. The first-order valence-corrected chi connectivity index (χ1v) is 14.5. The molecule has 2 amide bonds. The molecule has 2 N–H and O–H groups in total. The van der Waals surface area contributed by atoms with E-state index < -0.39 is 12.0 Å². The summed E-state index contributed by atoms with van der Waals surface area (Å²) < 4.78 is 5.09. The third kappa shape index (κ3) is 8.29. The molecule has 0 aliphatic carbocycles. The number of rotatable bonds is 13. The average Bonchev–Trinajstić information content (AvgIpc) is 3.06. The summed E-state index contributed by atoms with van der Waals surface area (Å²) in [5.74, 6) is -0.0179. The molecule has 43 heavy (non-hydrogen) atoms. The van der Waals surface area contributed by atoms with Crippen molar-refractivity contribution in [3.63, 3.8) is 0 Å². The topological polar surface area (TPSA) is 101 Å². The van der Waals surface area contributed by atoms with Gasteiger partial charge in [0.2, 0.25) is 0 Å². The highest BCUT2D eigenvalue weighted by Gasteiger charge is 2.23. The van der Waals surface area contributed by atoms with Gasteiger partial charge < -0.3 is 15.4 Å².